The lowest BCUT2D eigenvalue weighted by atomic mass is 10.1. The molecule has 0 bridgehead atoms. The first-order chi connectivity index (χ1) is 13.0. The molecule has 0 aliphatic carbocycles. The minimum absolute atomic E-state index is 0.137. The molecule has 0 aromatic carbocycles. The SMILES string of the molecule is CCCCCCCC(=O)NC[N+](CC)(CC)CNC(=O)CCCCCCC. The first kappa shape index (κ1) is 25.9. The Morgan fingerprint density at radius 2 is 0.963 bits per heavy atom. The van der Waals surface area contributed by atoms with E-state index in [4.69, 9.17) is 0 Å². The molecule has 0 spiro atoms. The zero-order chi connectivity index (χ0) is 20.4. The number of carbonyl (C=O) groups is 2. The van der Waals surface area contributed by atoms with E-state index in [1.54, 1.807) is 0 Å². The monoisotopic (exact) mass is 384 g/mol. The summed E-state index contributed by atoms with van der Waals surface area (Å²) in [6, 6.07) is 0. The molecule has 0 radical (unpaired) electrons. The quantitative estimate of drug-likeness (QED) is 0.204. The van der Waals surface area contributed by atoms with Crippen LogP contribution < -0.4 is 10.6 Å². The summed E-state index contributed by atoms with van der Waals surface area (Å²) in [5.74, 6) is 0.274. The van der Waals surface area contributed by atoms with Crippen LogP contribution in [0.1, 0.15) is 105 Å². The van der Waals surface area contributed by atoms with Crippen LogP contribution in [0.2, 0.25) is 0 Å². The molecule has 0 atom stereocenters. The Morgan fingerprint density at radius 1 is 0.593 bits per heavy atom. The normalized spacial score (nSPS) is 11.4. The number of unbranched alkanes of at least 4 members (excludes halogenated alkanes) is 8. The van der Waals surface area contributed by atoms with Crippen molar-refractivity contribution in [3.8, 4) is 0 Å². The van der Waals surface area contributed by atoms with Gasteiger partial charge in [-0.2, -0.15) is 0 Å². The van der Waals surface area contributed by atoms with Crippen molar-refractivity contribution in [2.75, 3.05) is 26.4 Å². The summed E-state index contributed by atoms with van der Waals surface area (Å²) in [6.45, 7) is 11.6. The predicted octanol–water partition coefficient (Wildman–Crippen LogP) is 4.71. The minimum atomic E-state index is 0.137. The Balaban J connectivity index is 4.11. The van der Waals surface area contributed by atoms with Crippen molar-refractivity contribution in [1.29, 1.82) is 0 Å². The molecule has 0 aromatic heterocycles. The van der Waals surface area contributed by atoms with Gasteiger partial charge in [-0.1, -0.05) is 65.2 Å². The van der Waals surface area contributed by atoms with Gasteiger partial charge >= 0.3 is 0 Å². The van der Waals surface area contributed by atoms with Crippen LogP contribution in [0, 0.1) is 0 Å². The standard InChI is InChI=1S/C22H45N3O2/c1-5-9-11-13-15-17-21(26)23-19-25(7-3,8-4)20-24-22(27)18-16-14-12-10-6-2/h5-20H2,1-4H3,(H-,23,24,26,27)/p+1. The number of nitrogens with one attached hydrogen (secondary N) is 2. The third kappa shape index (κ3) is 13.7. The van der Waals surface area contributed by atoms with Gasteiger partial charge in [0.05, 0.1) is 13.1 Å². The molecule has 5 heteroatoms. The summed E-state index contributed by atoms with van der Waals surface area (Å²) in [4.78, 5) is 24.2. The molecule has 2 amide bonds. The van der Waals surface area contributed by atoms with Crippen LogP contribution in [0.25, 0.3) is 0 Å². The van der Waals surface area contributed by atoms with Crippen LogP contribution in [0.5, 0.6) is 0 Å². The highest BCUT2D eigenvalue weighted by molar-refractivity contribution is 5.76. The molecule has 0 rings (SSSR count). The van der Waals surface area contributed by atoms with Crippen LogP contribution in [0.3, 0.4) is 0 Å². The van der Waals surface area contributed by atoms with Crippen molar-refractivity contribution >= 4 is 11.8 Å². The number of amides is 2. The highest BCUT2D eigenvalue weighted by Crippen LogP contribution is 2.07. The highest BCUT2D eigenvalue weighted by Gasteiger charge is 2.24. The second-order valence-electron chi connectivity index (χ2n) is 7.82. The fraction of sp³-hybridized carbons (Fsp3) is 0.909. The second-order valence-corrected chi connectivity index (χ2v) is 7.82. The zero-order valence-electron chi connectivity index (χ0n) is 18.6. The zero-order valence-corrected chi connectivity index (χ0v) is 18.6. The van der Waals surface area contributed by atoms with Gasteiger partial charge in [0.1, 0.15) is 0 Å². The van der Waals surface area contributed by atoms with Gasteiger partial charge in [0.15, 0.2) is 13.3 Å². The molecule has 0 saturated carbocycles. The van der Waals surface area contributed by atoms with E-state index in [0.29, 0.717) is 30.7 Å². The summed E-state index contributed by atoms with van der Waals surface area (Å²) in [5, 5.41) is 6.18. The highest BCUT2D eigenvalue weighted by atomic mass is 16.2. The molecule has 5 nitrogen and oxygen atoms in total. The van der Waals surface area contributed by atoms with Crippen LogP contribution in [0.15, 0.2) is 0 Å². The molecular weight excluding hydrogens is 338 g/mol. The van der Waals surface area contributed by atoms with Crippen LogP contribution in [-0.2, 0) is 9.59 Å². The van der Waals surface area contributed by atoms with Crippen molar-refractivity contribution in [2.24, 2.45) is 0 Å². The summed E-state index contributed by atoms with van der Waals surface area (Å²) >= 11 is 0. The van der Waals surface area contributed by atoms with Gasteiger partial charge in [0.25, 0.3) is 0 Å². The second kappa shape index (κ2) is 17.0. The molecular formula is C22H46N3O2+. The lowest BCUT2D eigenvalue weighted by Crippen LogP contribution is -2.58. The van der Waals surface area contributed by atoms with Crippen LogP contribution >= 0.6 is 0 Å². The van der Waals surface area contributed by atoms with Gasteiger partial charge in [0.2, 0.25) is 11.8 Å². The van der Waals surface area contributed by atoms with E-state index in [2.05, 4.69) is 38.3 Å². The number of nitrogens with zero attached hydrogens (tertiary/aromatic N) is 1. The Hall–Kier alpha value is -1.10. The molecule has 0 aromatic rings. The van der Waals surface area contributed by atoms with Gasteiger partial charge in [0, 0.05) is 12.8 Å². The summed E-state index contributed by atoms with van der Waals surface area (Å²) in [6.07, 6.45) is 12.8. The molecule has 0 aliphatic rings. The van der Waals surface area contributed by atoms with Gasteiger partial charge in [-0.05, 0) is 26.7 Å². The van der Waals surface area contributed by atoms with Crippen molar-refractivity contribution in [1.82, 2.24) is 10.6 Å². The third-order valence-corrected chi connectivity index (χ3v) is 5.58. The predicted molar refractivity (Wildman–Crippen MR) is 114 cm³/mol. The minimum Gasteiger partial charge on any atom is -0.309 e. The number of carbonyl (C=O) groups excluding carboxylic acids is 2. The maximum atomic E-state index is 12.1. The first-order valence-corrected chi connectivity index (χ1v) is 11.4. The topological polar surface area (TPSA) is 58.2 Å². The van der Waals surface area contributed by atoms with Gasteiger partial charge in [-0.3, -0.25) is 14.1 Å². The number of rotatable bonds is 18. The number of hydrogen-bond acceptors (Lipinski definition) is 2. The summed E-state index contributed by atoms with van der Waals surface area (Å²) in [7, 11) is 0. The molecule has 0 aliphatic heterocycles. The fourth-order valence-electron chi connectivity index (χ4n) is 3.19. The van der Waals surface area contributed by atoms with E-state index in [9.17, 15) is 9.59 Å². The lowest BCUT2D eigenvalue weighted by Gasteiger charge is -2.36. The van der Waals surface area contributed by atoms with E-state index < -0.39 is 0 Å². The van der Waals surface area contributed by atoms with Gasteiger partial charge in [-0.15, -0.1) is 0 Å². The largest absolute Gasteiger partial charge is 0.309 e. The third-order valence-electron chi connectivity index (χ3n) is 5.58. The number of hydrogen-bond donors (Lipinski definition) is 2. The molecule has 160 valence electrons. The van der Waals surface area contributed by atoms with E-state index in [-0.39, 0.29) is 11.8 Å². The fourth-order valence-corrected chi connectivity index (χ4v) is 3.19. The van der Waals surface area contributed by atoms with Crippen LogP contribution in [-0.4, -0.2) is 42.7 Å². The van der Waals surface area contributed by atoms with Gasteiger partial charge in [-0.25, -0.2) is 0 Å². The Bertz CT molecular complexity index is 350. The van der Waals surface area contributed by atoms with E-state index in [1.807, 2.05) is 0 Å². The summed E-state index contributed by atoms with van der Waals surface area (Å²) in [5.41, 5.74) is 0. The Kier molecular flexibility index (Phi) is 16.3. The van der Waals surface area contributed by atoms with Crippen molar-refractivity contribution in [3.63, 3.8) is 0 Å². The molecule has 0 heterocycles. The molecule has 2 N–H and O–H groups in total. The maximum absolute atomic E-state index is 12.1. The molecule has 0 saturated heterocycles. The molecule has 0 unspecified atom stereocenters. The Morgan fingerprint density at radius 3 is 1.30 bits per heavy atom. The lowest BCUT2D eigenvalue weighted by molar-refractivity contribution is -0.928. The van der Waals surface area contributed by atoms with Crippen molar-refractivity contribution in [2.45, 2.75) is 105 Å². The average Bonchev–Trinajstić information content (AvgIpc) is 2.68. The smallest absolute Gasteiger partial charge is 0.224 e. The van der Waals surface area contributed by atoms with Crippen molar-refractivity contribution in [3.05, 3.63) is 0 Å². The summed E-state index contributed by atoms with van der Waals surface area (Å²) < 4.78 is 0.698. The average molecular weight is 385 g/mol. The first-order valence-electron chi connectivity index (χ1n) is 11.4. The van der Waals surface area contributed by atoms with Gasteiger partial charge < -0.3 is 10.6 Å². The molecule has 0 fully saturated rings. The number of quaternary nitrogens is 1. The van der Waals surface area contributed by atoms with E-state index >= 15 is 0 Å². The van der Waals surface area contributed by atoms with E-state index in [1.165, 1.54) is 38.5 Å². The molecule has 27 heavy (non-hydrogen) atoms. The maximum Gasteiger partial charge on any atom is 0.224 e. The van der Waals surface area contributed by atoms with E-state index in [0.717, 1.165) is 38.8 Å². The van der Waals surface area contributed by atoms with Crippen LogP contribution in [0.4, 0.5) is 0 Å². The van der Waals surface area contributed by atoms with Crippen molar-refractivity contribution < 1.29 is 14.1 Å². The Labute approximate surface area is 168 Å².